The van der Waals surface area contributed by atoms with Gasteiger partial charge in [-0.25, -0.2) is 22.2 Å². The van der Waals surface area contributed by atoms with Crippen LogP contribution in [0.5, 0.6) is 5.75 Å². The first-order valence-corrected chi connectivity index (χ1v) is 11.1. The van der Waals surface area contributed by atoms with Crippen LogP contribution in [0.2, 0.25) is 0 Å². The Morgan fingerprint density at radius 1 is 1.30 bits per heavy atom. The molecule has 162 valence electrons. The first-order valence-electron chi connectivity index (χ1n) is 9.48. The van der Waals surface area contributed by atoms with Crippen molar-refractivity contribution in [3.63, 3.8) is 0 Å². The summed E-state index contributed by atoms with van der Waals surface area (Å²) in [7, 11) is -3.74. The second kappa shape index (κ2) is 8.90. The van der Waals surface area contributed by atoms with Gasteiger partial charge in [-0.2, -0.15) is 5.11 Å². The summed E-state index contributed by atoms with van der Waals surface area (Å²) in [5.74, 6) is -1.54. The molecule has 1 aromatic carbocycles. The lowest BCUT2D eigenvalue weighted by Gasteiger charge is -2.18. The predicted molar refractivity (Wildman–Crippen MR) is 109 cm³/mol. The zero-order chi connectivity index (χ0) is 21.9. The number of rotatable bonds is 8. The van der Waals surface area contributed by atoms with Gasteiger partial charge in [-0.05, 0) is 38.5 Å². The van der Waals surface area contributed by atoms with Crippen LogP contribution in [0.25, 0.3) is 0 Å². The minimum Gasteiger partial charge on any atom is -0.489 e. The van der Waals surface area contributed by atoms with E-state index >= 15 is 0 Å². The van der Waals surface area contributed by atoms with E-state index < -0.39 is 33.4 Å². The quantitative estimate of drug-likeness (QED) is 0.664. The molecule has 0 fully saturated rings. The fraction of sp³-hybridized carbons (Fsp3) is 0.421. The predicted octanol–water partition coefficient (Wildman–Crippen LogP) is 4.23. The molecule has 11 heteroatoms. The van der Waals surface area contributed by atoms with Crippen LogP contribution in [0.4, 0.5) is 20.2 Å². The third kappa shape index (κ3) is 5.02. The number of anilines is 2. The molecule has 1 unspecified atom stereocenters. The SMILES string of the molecule is CCCS(=O)(=O)Nc1ccc(F)c(N2CC(c3cncc(OC(C)C)c3)N=N2)c1F. The summed E-state index contributed by atoms with van der Waals surface area (Å²) < 4.78 is 61.1. The number of nitrogens with one attached hydrogen (secondary N) is 1. The van der Waals surface area contributed by atoms with Crippen LogP contribution in [0.1, 0.15) is 38.8 Å². The van der Waals surface area contributed by atoms with E-state index in [0.717, 1.165) is 17.1 Å². The van der Waals surface area contributed by atoms with Gasteiger partial charge in [0.15, 0.2) is 11.6 Å². The third-order valence-electron chi connectivity index (χ3n) is 4.20. The van der Waals surface area contributed by atoms with Gasteiger partial charge >= 0.3 is 0 Å². The van der Waals surface area contributed by atoms with E-state index in [4.69, 9.17) is 4.74 Å². The van der Waals surface area contributed by atoms with Crippen molar-refractivity contribution < 1.29 is 21.9 Å². The topological polar surface area (TPSA) is 96.2 Å². The number of nitrogens with zero attached hydrogens (tertiary/aromatic N) is 4. The van der Waals surface area contributed by atoms with Gasteiger partial charge in [-0.1, -0.05) is 12.1 Å². The number of aromatic nitrogens is 1. The number of ether oxygens (including phenoxy) is 1. The smallest absolute Gasteiger partial charge is 0.232 e. The Kier molecular flexibility index (Phi) is 6.49. The van der Waals surface area contributed by atoms with Gasteiger partial charge in [-0.15, -0.1) is 0 Å². The molecule has 1 aliphatic heterocycles. The second-order valence-corrected chi connectivity index (χ2v) is 8.94. The average molecular weight is 439 g/mol. The van der Waals surface area contributed by atoms with Crippen LogP contribution < -0.4 is 14.5 Å². The maximum atomic E-state index is 15.0. The Balaban J connectivity index is 1.83. The van der Waals surface area contributed by atoms with Crippen molar-refractivity contribution in [1.29, 1.82) is 0 Å². The molecular formula is C19H23F2N5O3S. The summed E-state index contributed by atoms with van der Waals surface area (Å²) in [5, 5.41) is 9.04. The number of hydrogen-bond acceptors (Lipinski definition) is 7. The van der Waals surface area contributed by atoms with Crippen molar-refractivity contribution in [2.45, 2.75) is 39.3 Å². The number of halogens is 2. The molecule has 2 aromatic rings. The fourth-order valence-corrected chi connectivity index (χ4v) is 4.10. The zero-order valence-corrected chi connectivity index (χ0v) is 17.7. The van der Waals surface area contributed by atoms with Gasteiger partial charge in [-0.3, -0.25) is 9.71 Å². The lowest BCUT2D eigenvalue weighted by atomic mass is 10.1. The van der Waals surface area contributed by atoms with Crippen molar-refractivity contribution in [2.24, 2.45) is 10.3 Å². The van der Waals surface area contributed by atoms with Crippen molar-refractivity contribution in [3.8, 4) is 5.75 Å². The summed E-state index contributed by atoms with van der Waals surface area (Å²) in [6.45, 7) is 5.52. The second-order valence-electron chi connectivity index (χ2n) is 7.10. The van der Waals surface area contributed by atoms with Crippen LogP contribution in [-0.4, -0.2) is 31.8 Å². The van der Waals surface area contributed by atoms with E-state index in [9.17, 15) is 17.2 Å². The third-order valence-corrected chi connectivity index (χ3v) is 5.68. The molecule has 0 saturated heterocycles. The first-order chi connectivity index (χ1) is 14.2. The normalized spacial score (nSPS) is 16.3. The number of sulfonamides is 1. The van der Waals surface area contributed by atoms with Gasteiger partial charge < -0.3 is 4.74 Å². The van der Waals surface area contributed by atoms with Crippen molar-refractivity contribution in [1.82, 2.24) is 4.98 Å². The van der Waals surface area contributed by atoms with E-state index in [1.165, 1.54) is 0 Å². The zero-order valence-electron chi connectivity index (χ0n) is 16.8. The van der Waals surface area contributed by atoms with Gasteiger partial charge in [0.25, 0.3) is 0 Å². The number of hydrogen-bond donors (Lipinski definition) is 1. The van der Waals surface area contributed by atoms with Gasteiger partial charge in [0.2, 0.25) is 10.0 Å². The van der Waals surface area contributed by atoms with Crippen LogP contribution >= 0.6 is 0 Å². The molecule has 0 saturated carbocycles. The standard InChI is InChI=1S/C19H23F2N5O3S/c1-4-7-30(27,28)24-16-6-5-15(20)19(18(16)21)26-11-17(23-25-26)13-8-14(10-22-9-13)29-12(2)3/h5-6,8-10,12,17,24H,4,7,11H2,1-3H3. The molecule has 8 nitrogen and oxygen atoms in total. The van der Waals surface area contributed by atoms with Gasteiger partial charge in [0.05, 0.1) is 30.3 Å². The Bertz CT molecular complexity index is 1050. The molecular weight excluding hydrogens is 416 g/mol. The fourth-order valence-electron chi connectivity index (χ4n) is 2.97. The highest BCUT2D eigenvalue weighted by Gasteiger charge is 2.29. The molecule has 3 rings (SSSR count). The minimum atomic E-state index is -3.74. The molecule has 1 N–H and O–H groups in total. The van der Waals surface area contributed by atoms with E-state index in [1.54, 1.807) is 25.4 Å². The highest BCUT2D eigenvalue weighted by Crippen LogP contribution is 2.35. The van der Waals surface area contributed by atoms with E-state index in [-0.39, 0.29) is 24.1 Å². The van der Waals surface area contributed by atoms with E-state index in [0.29, 0.717) is 17.7 Å². The summed E-state index contributed by atoms with van der Waals surface area (Å²) in [6.07, 6.45) is 3.48. The molecule has 1 aromatic heterocycles. The molecule has 30 heavy (non-hydrogen) atoms. The summed E-state index contributed by atoms with van der Waals surface area (Å²) in [6, 6.07) is 3.28. The molecule has 0 amide bonds. The van der Waals surface area contributed by atoms with Crippen molar-refractivity contribution in [3.05, 3.63) is 47.8 Å². The molecule has 0 bridgehead atoms. The summed E-state index contributed by atoms with van der Waals surface area (Å²) in [5.41, 5.74) is -0.131. The monoisotopic (exact) mass is 439 g/mol. The molecule has 0 radical (unpaired) electrons. The molecule has 0 aliphatic carbocycles. The Labute approximate surface area is 174 Å². The Morgan fingerprint density at radius 2 is 2.07 bits per heavy atom. The number of benzene rings is 1. The molecule has 1 aliphatic rings. The van der Waals surface area contributed by atoms with E-state index in [2.05, 4.69) is 20.0 Å². The minimum absolute atomic E-state index is 0.0360. The lowest BCUT2D eigenvalue weighted by molar-refractivity contribution is 0.241. The van der Waals surface area contributed by atoms with E-state index in [1.807, 2.05) is 13.8 Å². The summed E-state index contributed by atoms with van der Waals surface area (Å²) >= 11 is 0. The largest absolute Gasteiger partial charge is 0.489 e. The van der Waals surface area contributed by atoms with Crippen LogP contribution in [0.3, 0.4) is 0 Å². The van der Waals surface area contributed by atoms with Crippen LogP contribution in [0.15, 0.2) is 40.9 Å². The Morgan fingerprint density at radius 3 is 2.77 bits per heavy atom. The van der Waals surface area contributed by atoms with Crippen molar-refractivity contribution >= 4 is 21.4 Å². The lowest BCUT2D eigenvalue weighted by Crippen LogP contribution is -2.21. The molecule has 2 heterocycles. The number of pyridine rings is 1. The van der Waals surface area contributed by atoms with Crippen LogP contribution in [0, 0.1) is 11.6 Å². The highest BCUT2D eigenvalue weighted by molar-refractivity contribution is 7.92. The van der Waals surface area contributed by atoms with Crippen molar-refractivity contribution in [2.75, 3.05) is 22.0 Å². The maximum absolute atomic E-state index is 15.0. The molecule has 1 atom stereocenters. The van der Waals surface area contributed by atoms with Gasteiger partial charge in [0.1, 0.15) is 17.5 Å². The first kappa shape index (κ1) is 21.9. The Hall–Kier alpha value is -2.82. The highest BCUT2D eigenvalue weighted by atomic mass is 32.2. The maximum Gasteiger partial charge on any atom is 0.232 e. The van der Waals surface area contributed by atoms with Gasteiger partial charge in [0, 0.05) is 11.8 Å². The van der Waals surface area contributed by atoms with Crippen LogP contribution in [-0.2, 0) is 10.0 Å². The summed E-state index contributed by atoms with van der Waals surface area (Å²) in [4.78, 5) is 4.12. The average Bonchev–Trinajstić information content (AvgIpc) is 3.13. The molecule has 0 spiro atoms.